The molecule has 9 heteroatoms. The molecule has 0 saturated carbocycles. The maximum absolute atomic E-state index is 13.2. The van der Waals surface area contributed by atoms with Gasteiger partial charge < -0.3 is 5.32 Å². The van der Waals surface area contributed by atoms with Crippen molar-refractivity contribution in [2.75, 3.05) is 13.1 Å². The van der Waals surface area contributed by atoms with E-state index in [1.165, 1.54) is 15.2 Å². The summed E-state index contributed by atoms with van der Waals surface area (Å²) in [5.41, 5.74) is 3.46. The number of carbonyl (C=O) groups excluding carboxylic acids is 1. The normalized spacial score (nSPS) is 14.0. The minimum atomic E-state index is -3.67. The molecule has 1 amide bonds. The Hall–Kier alpha value is -3.27. The van der Waals surface area contributed by atoms with E-state index in [-0.39, 0.29) is 10.8 Å². The summed E-state index contributed by atoms with van der Waals surface area (Å²) in [7, 11) is -3.67. The summed E-state index contributed by atoms with van der Waals surface area (Å²) >= 11 is 1.67. The molecule has 174 valence electrons. The van der Waals surface area contributed by atoms with Crippen molar-refractivity contribution in [1.82, 2.24) is 19.4 Å². The molecule has 7 nitrogen and oxygen atoms in total. The third kappa shape index (κ3) is 4.68. The Morgan fingerprint density at radius 2 is 1.94 bits per heavy atom. The van der Waals surface area contributed by atoms with Crippen molar-refractivity contribution in [1.29, 1.82) is 0 Å². The fraction of sp³-hybridized carbons (Fsp3) is 0.200. The quantitative estimate of drug-likeness (QED) is 0.427. The Morgan fingerprint density at radius 3 is 2.74 bits per heavy atom. The number of thiophene rings is 1. The van der Waals surface area contributed by atoms with Crippen LogP contribution in [0.25, 0.3) is 5.69 Å². The number of sulfonamides is 1. The zero-order chi connectivity index (χ0) is 23.5. The number of hydrogen-bond donors (Lipinski definition) is 1. The van der Waals surface area contributed by atoms with E-state index in [0.29, 0.717) is 31.6 Å². The van der Waals surface area contributed by atoms with Crippen LogP contribution < -0.4 is 5.32 Å². The molecular formula is C25H24N4O3S2. The summed E-state index contributed by atoms with van der Waals surface area (Å²) in [6.07, 6.45) is 5.00. The average molecular weight is 493 g/mol. The number of nitrogens with one attached hydrogen (secondary N) is 1. The van der Waals surface area contributed by atoms with E-state index in [9.17, 15) is 13.2 Å². The van der Waals surface area contributed by atoms with E-state index in [4.69, 9.17) is 0 Å². The molecule has 1 aliphatic heterocycles. The molecule has 4 aromatic rings. The number of hydrogen-bond acceptors (Lipinski definition) is 5. The van der Waals surface area contributed by atoms with Crippen molar-refractivity contribution in [3.63, 3.8) is 0 Å². The highest BCUT2D eigenvalue weighted by molar-refractivity contribution is 7.89. The molecule has 0 unspecified atom stereocenters. The largest absolute Gasteiger partial charge is 0.352 e. The highest BCUT2D eigenvalue weighted by Crippen LogP contribution is 2.28. The summed E-state index contributed by atoms with van der Waals surface area (Å²) in [6, 6.07) is 18.1. The average Bonchev–Trinajstić information content (AvgIpc) is 3.56. The van der Waals surface area contributed by atoms with Crippen molar-refractivity contribution >= 4 is 27.3 Å². The van der Waals surface area contributed by atoms with E-state index in [0.717, 1.165) is 23.2 Å². The topological polar surface area (TPSA) is 84.3 Å². The number of carbonyl (C=O) groups is 1. The highest BCUT2D eigenvalue weighted by atomic mass is 32.2. The number of fused-ring (bicyclic) bond motifs is 1. The van der Waals surface area contributed by atoms with E-state index < -0.39 is 10.0 Å². The second kappa shape index (κ2) is 9.54. The zero-order valence-corrected chi connectivity index (χ0v) is 20.1. The van der Waals surface area contributed by atoms with E-state index in [1.807, 2.05) is 48.0 Å². The summed E-state index contributed by atoms with van der Waals surface area (Å²) in [5, 5.41) is 9.10. The van der Waals surface area contributed by atoms with Crippen LogP contribution in [0.1, 0.15) is 26.4 Å². The Labute approximate surface area is 202 Å². The predicted molar refractivity (Wildman–Crippen MR) is 132 cm³/mol. The molecule has 0 bridgehead atoms. The van der Waals surface area contributed by atoms with Gasteiger partial charge in [-0.1, -0.05) is 18.2 Å². The molecule has 0 aliphatic carbocycles. The molecule has 2 aromatic heterocycles. The van der Waals surface area contributed by atoms with Crippen molar-refractivity contribution in [2.24, 2.45) is 0 Å². The van der Waals surface area contributed by atoms with Gasteiger partial charge in [-0.15, -0.1) is 11.3 Å². The molecule has 1 N–H and O–H groups in total. The first kappa shape index (κ1) is 22.5. The lowest BCUT2D eigenvalue weighted by Gasteiger charge is -2.26. The lowest BCUT2D eigenvalue weighted by molar-refractivity contribution is 0.0954. The fourth-order valence-electron chi connectivity index (χ4n) is 4.03. The van der Waals surface area contributed by atoms with Gasteiger partial charge >= 0.3 is 0 Å². The lowest BCUT2D eigenvalue weighted by atomic mass is 10.1. The van der Waals surface area contributed by atoms with Crippen LogP contribution in [0.15, 0.2) is 83.3 Å². The van der Waals surface area contributed by atoms with E-state index >= 15 is 0 Å². The number of amides is 1. The van der Waals surface area contributed by atoms with Crippen LogP contribution in [-0.2, 0) is 29.4 Å². The van der Waals surface area contributed by atoms with Crippen molar-refractivity contribution < 1.29 is 13.2 Å². The molecule has 34 heavy (non-hydrogen) atoms. The number of aromatic nitrogens is 2. The molecule has 0 saturated heterocycles. The Morgan fingerprint density at radius 1 is 1.09 bits per heavy atom. The maximum atomic E-state index is 13.2. The molecule has 1 aliphatic rings. The van der Waals surface area contributed by atoms with Crippen LogP contribution in [-0.4, -0.2) is 41.5 Å². The van der Waals surface area contributed by atoms with Gasteiger partial charge in [0.2, 0.25) is 10.0 Å². The van der Waals surface area contributed by atoms with Crippen molar-refractivity contribution in [3.05, 3.63) is 100 Å². The molecule has 3 heterocycles. The second-order valence-electron chi connectivity index (χ2n) is 8.11. The smallest absolute Gasteiger partial charge is 0.251 e. The Balaban J connectivity index is 1.20. The summed E-state index contributed by atoms with van der Waals surface area (Å²) in [5.74, 6) is -0.288. The van der Waals surface area contributed by atoms with Gasteiger partial charge in [0.1, 0.15) is 0 Å². The summed E-state index contributed by atoms with van der Waals surface area (Å²) < 4.78 is 29.7. The van der Waals surface area contributed by atoms with Crippen molar-refractivity contribution in [3.8, 4) is 5.69 Å². The molecule has 0 radical (unpaired) electrons. The first-order valence-corrected chi connectivity index (χ1v) is 13.4. The molecule has 2 aromatic carbocycles. The second-order valence-corrected chi connectivity index (χ2v) is 11.0. The zero-order valence-electron chi connectivity index (χ0n) is 18.4. The van der Waals surface area contributed by atoms with Gasteiger partial charge in [0.15, 0.2) is 0 Å². The van der Waals surface area contributed by atoms with Crippen LogP contribution in [0.2, 0.25) is 0 Å². The van der Waals surface area contributed by atoms with Crippen LogP contribution in [0.3, 0.4) is 0 Å². The molecule has 5 rings (SSSR count). The van der Waals surface area contributed by atoms with Crippen molar-refractivity contribution in [2.45, 2.75) is 24.3 Å². The Kier molecular flexibility index (Phi) is 6.32. The number of benzene rings is 2. The van der Waals surface area contributed by atoms with Gasteiger partial charge in [0, 0.05) is 42.5 Å². The SMILES string of the molecule is O=C(NCCc1ccc(-n2cccn2)cc1)c1cccc(S(=O)(=O)N2CCc3sccc3C2)c1. The monoisotopic (exact) mass is 492 g/mol. The first-order valence-electron chi connectivity index (χ1n) is 11.0. The van der Waals surface area contributed by atoms with Crippen LogP contribution in [0, 0.1) is 0 Å². The van der Waals surface area contributed by atoms with Gasteiger partial charge in [0.25, 0.3) is 5.91 Å². The summed E-state index contributed by atoms with van der Waals surface area (Å²) in [4.78, 5) is 14.1. The molecule has 0 fully saturated rings. The van der Waals surface area contributed by atoms with Gasteiger partial charge in [-0.2, -0.15) is 9.40 Å². The fourth-order valence-corrected chi connectivity index (χ4v) is 6.39. The first-order chi connectivity index (χ1) is 16.5. The number of nitrogens with zero attached hydrogens (tertiary/aromatic N) is 3. The standard InChI is InChI=1S/C25H24N4O3S2/c30-25(26-13-9-19-5-7-22(8-6-19)29-14-2-12-27-29)20-3-1-4-23(17-20)34(31,32)28-15-10-24-21(18-28)11-16-33-24/h1-8,11-12,14,16-17H,9-10,13,15,18H2,(H,26,30). The van der Waals surface area contributed by atoms with Gasteiger partial charge in [-0.05, 0) is 71.8 Å². The molecule has 0 spiro atoms. The maximum Gasteiger partial charge on any atom is 0.251 e. The van der Waals surface area contributed by atoms with E-state index in [1.54, 1.807) is 40.4 Å². The number of rotatable bonds is 7. The van der Waals surface area contributed by atoms with E-state index in [2.05, 4.69) is 10.4 Å². The minimum Gasteiger partial charge on any atom is -0.352 e. The van der Waals surface area contributed by atoms with Gasteiger partial charge in [-0.25, -0.2) is 13.1 Å². The van der Waals surface area contributed by atoms with Gasteiger partial charge in [0.05, 0.1) is 10.6 Å². The Bertz CT molecular complexity index is 1390. The third-order valence-electron chi connectivity index (χ3n) is 5.91. The minimum absolute atomic E-state index is 0.146. The van der Waals surface area contributed by atoms with Gasteiger partial charge in [-0.3, -0.25) is 4.79 Å². The van der Waals surface area contributed by atoms with Crippen LogP contribution in [0.4, 0.5) is 0 Å². The highest BCUT2D eigenvalue weighted by Gasteiger charge is 2.29. The van der Waals surface area contributed by atoms with Crippen LogP contribution in [0.5, 0.6) is 0 Å². The third-order valence-corrected chi connectivity index (χ3v) is 8.78. The summed E-state index contributed by atoms with van der Waals surface area (Å²) in [6.45, 7) is 1.27. The molecule has 0 atom stereocenters. The molecular weight excluding hydrogens is 468 g/mol. The lowest BCUT2D eigenvalue weighted by Crippen LogP contribution is -2.35. The predicted octanol–water partition coefficient (Wildman–Crippen LogP) is 3.65. The van der Waals surface area contributed by atoms with Crippen LogP contribution >= 0.6 is 11.3 Å².